The third-order valence-corrected chi connectivity index (χ3v) is 8.29. The fourth-order valence-corrected chi connectivity index (χ4v) is 6.36. The molecule has 2 unspecified atom stereocenters. The lowest BCUT2D eigenvalue weighted by Crippen LogP contribution is -2.50. The molecule has 10 heteroatoms. The normalized spacial score (nSPS) is 23.4. The van der Waals surface area contributed by atoms with Crippen molar-refractivity contribution in [2.75, 3.05) is 25.1 Å². The van der Waals surface area contributed by atoms with Gasteiger partial charge in [-0.05, 0) is 42.7 Å². The first-order valence-corrected chi connectivity index (χ1v) is 12.2. The molecule has 170 valence electrons. The van der Waals surface area contributed by atoms with Crippen molar-refractivity contribution in [2.45, 2.75) is 30.3 Å². The number of aliphatic imine (C=N–C) groups is 1. The smallest absolute Gasteiger partial charge is 0.225 e. The number of hydrogen-bond acceptors (Lipinski definition) is 5. The maximum Gasteiger partial charge on any atom is 0.225 e. The number of halogens is 2. The molecule has 0 aromatic heterocycles. The van der Waals surface area contributed by atoms with Gasteiger partial charge in [0.2, 0.25) is 10.0 Å². The third kappa shape index (κ3) is 4.24. The molecular formula is C22H25ClFN5O2S. The summed E-state index contributed by atoms with van der Waals surface area (Å²) in [6.07, 6.45) is -0.643. The number of hydrazone groups is 1. The van der Waals surface area contributed by atoms with E-state index in [2.05, 4.69) is 10.1 Å². The van der Waals surface area contributed by atoms with E-state index in [0.29, 0.717) is 10.7 Å². The van der Waals surface area contributed by atoms with Crippen molar-refractivity contribution in [3.05, 3.63) is 65.2 Å². The summed E-state index contributed by atoms with van der Waals surface area (Å²) in [5.41, 5.74) is 7.76. The van der Waals surface area contributed by atoms with Gasteiger partial charge >= 0.3 is 0 Å². The number of hydrogen-bond donors (Lipinski definition) is 1. The van der Waals surface area contributed by atoms with Gasteiger partial charge in [-0.15, -0.1) is 0 Å². The van der Waals surface area contributed by atoms with E-state index in [4.69, 9.17) is 17.3 Å². The van der Waals surface area contributed by atoms with Crippen molar-refractivity contribution in [2.24, 2.45) is 15.8 Å². The van der Waals surface area contributed by atoms with Crippen LogP contribution in [0.25, 0.3) is 0 Å². The minimum atomic E-state index is -3.93. The van der Waals surface area contributed by atoms with E-state index in [1.54, 1.807) is 29.3 Å². The van der Waals surface area contributed by atoms with Gasteiger partial charge in [0.1, 0.15) is 29.0 Å². The topological polar surface area (TPSA) is 91.4 Å². The van der Waals surface area contributed by atoms with Crippen molar-refractivity contribution in [3.8, 4) is 0 Å². The number of anilines is 1. The first-order valence-electron chi connectivity index (χ1n) is 10.4. The molecule has 2 atom stereocenters. The Kier molecular flexibility index (Phi) is 6.50. The lowest BCUT2D eigenvalue weighted by atomic mass is 10.0. The SMILES string of the molecule is CN=C(N)C1=NN(c2ccc(Cl)cc2)C(c2ccccc2)C1S(=O)(=O)N1CCC(F)CC1. The molecule has 0 radical (unpaired) electrons. The monoisotopic (exact) mass is 477 g/mol. The van der Waals surface area contributed by atoms with Gasteiger partial charge in [0, 0.05) is 25.2 Å². The van der Waals surface area contributed by atoms with Gasteiger partial charge < -0.3 is 5.73 Å². The Hall–Kier alpha value is -2.49. The first-order chi connectivity index (χ1) is 15.3. The molecule has 0 amide bonds. The zero-order valence-electron chi connectivity index (χ0n) is 17.6. The van der Waals surface area contributed by atoms with Crippen LogP contribution >= 0.6 is 11.6 Å². The Morgan fingerprint density at radius 2 is 1.75 bits per heavy atom. The number of nitrogens with two attached hydrogens (primary N) is 1. The predicted octanol–water partition coefficient (Wildman–Crippen LogP) is 3.38. The summed E-state index contributed by atoms with van der Waals surface area (Å²) in [6, 6.07) is 15.6. The standard InChI is InChI=1S/C22H25ClFN5O2S/c1-26-22(25)19-21(32(30,31)28-13-11-17(24)12-14-28)20(15-5-3-2-4-6-15)29(27-19)18-9-7-16(23)8-10-18/h2-10,17,20-21H,11-14H2,1H3,(H2,25,26). The van der Waals surface area contributed by atoms with Crippen LogP contribution in [0.1, 0.15) is 24.4 Å². The molecule has 2 aromatic carbocycles. The van der Waals surface area contributed by atoms with Crippen molar-refractivity contribution < 1.29 is 12.8 Å². The number of sulfonamides is 1. The maximum atomic E-state index is 13.9. The van der Waals surface area contributed by atoms with Gasteiger partial charge in [-0.25, -0.2) is 17.1 Å². The minimum Gasteiger partial charge on any atom is -0.382 e. The molecule has 7 nitrogen and oxygen atoms in total. The fraction of sp³-hybridized carbons (Fsp3) is 0.364. The molecule has 1 fully saturated rings. The Labute approximate surface area is 192 Å². The molecular weight excluding hydrogens is 453 g/mol. The van der Waals surface area contributed by atoms with Crippen LogP contribution < -0.4 is 10.7 Å². The van der Waals surface area contributed by atoms with E-state index in [-0.39, 0.29) is 37.5 Å². The number of nitrogens with zero attached hydrogens (tertiary/aromatic N) is 4. The van der Waals surface area contributed by atoms with E-state index in [1.807, 2.05) is 30.3 Å². The van der Waals surface area contributed by atoms with Crippen molar-refractivity contribution in [1.82, 2.24) is 4.31 Å². The highest BCUT2D eigenvalue weighted by atomic mass is 35.5. The van der Waals surface area contributed by atoms with E-state index >= 15 is 0 Å². The summed E-state index contributed by atoms with van der Waals surface area (Å²) in [7, 11) is -2.43. The van der Waals surface area contributed by atoms with Gasteiger partial charge in [0.15, 0.2) is 0 Å². The number of benzene rings is 2. The van der Waals surface area contributed by atoms with Crippen LogP contribution in [-0.2, 0) is 10.0 Å². The van der Waals surface area contributed by atoms with Crippen LogP contribution in [0.15, 0.2) is 64.7 Å². The second kappa shape index (κ2) is 9.17. The van der Waals surface area contributed by atoms with E-state index in [0.717, 1.165) is 5.56 Å². The van der Waals surface area contributed by atoms with Crippen LogP contribution in [0.5, 0.6) is 0 Å². The number of amidine groups is 1. The highest BCUT2D eigenvalue weighted by molar-refractivity contribution is 7.90. The molecule has 2 N–H and O–H groups in total. The first kappa shape index (κ1) is 22.7. The maximum absolute atomic E-state index is 13.9. The van der Waals surface area contributed by atoms with Crippen molar-refractivity contribution >= 4 is 38.9 Å². The molecule has 2 heterocycles. The van der Waals surface area contributed by atoms with Crippen molar-refractivity contribution in [3.63, 3.8) is 0 Å². The zero-order chi connectivity index (χ0) is 22.9. The molecule has 2 aromatic rings. The Morgan fingerprint density at radius 1 is 1.12 bits per heavy atom. The molecule has 2 aliphatic heterocycles. The number of rotatable bonds is 5. The molecule has 4 rings (SSSR count). The van der Waals surface area contributed by atoms with E-state index < -0.39 is 27.5 Å². The Balaban J connectivity index is 1.86. The molecule has 0 spiro atoms. The average molecular weight is 478 g/mol. The van der Waals surface area contributed by atoms with Crippen LogP contribution in [0.4, 0.5) is 10.1 Å². The highest BCUT2D eigenvalue weighted by Gasteiger charge is 2.50. The van der Waals surface area contributed by atoms with E-state index in [1.165, 1.54) is 11.4 Å². The second-order valence-electron chi connectivity index (χ2n) is 7.81. The van der Waals surface area contributed by atoms with Gasteiger partial charge in [-0.2, -0.15) is 5.10 Å². The number of alkyl halides is 1. The largest absolute Gasteiger partial charge is 0.382 e. The Morgan fingerprint density at radius 3 is 2.34 bits per heavy atom. The summed E-state index contributed by atoms with van der Waals surface area (Å²) >= 11 is 6.06. The third-order valence-electron chi connectivity index (χ3n) is 5.84. The highest BCUT2D eigenvalue weighted by Crippen LogP contribution is 2.40. The van der Waals surface area contributed by atoms with Crippen LogP contribution in [-0.4, -0.2) is 55.8 Å². The minimum absolute atomic E-state index is 0.0522. The van der Waals surface area contributed by atoms with Crippen LogP contribution in [0, 0.1) is 0 Å². The molecule has 32 heavy (non-hydrogen) atoms. The molecule has 0 bridgehead atoms. The molecule has 0 saturated carbocycles. The summed E-state index contributed by atoms with van der Waals surface area (Å²) in [5.74, 6) is 0.0522. The Bertz CT molecular complexity index is 1120. The lowest BCUT2D eigenvalue weighted by molar-refractivity contribution is 0.210. The van der Waals surface area contributed by atoms with Gasteiger partial charge in [0.05, 0.1) is 5.69 Å². The van der Waals surface area contributed by atoms with Gasteiger partial charge in [-0.1, -0.05) is 41.9 Å². The average Bonchev–Trinajstić information content (AvgIpc) is 3.21. The molecule has 1 saturated heterocycles. The predicted molar refractivity (Wildman–Crippen MR) is 127 cm³/mol. The van der Waals surface area contributed by atoms with Gasteiger partial charge in [-0.3, -0.25) is 10.0 Å². The van der Waals surface area contributed by atoms with Crippen molar-refractivity contribution in [1.29, 1.82) is 0 Å². The lowest BCUT2D eigenvalue weighted by Gasteiger charge is -2.34. The molecule has 2 aliphatic rings. The van der Waals surface area contributed by atoms with Crippen LogP contribution in [0.3, 0.4) is 0 Å². The van der Waals surface area contributed by atoms with Gasteiger partial charge in [0.25, 0.3) is 0 Å². The number of piperidine rings is 1. The summed E-state index contributed by atoms with van der Waals surface area (Å²) < 4.78 is 42.9. The summed E-state index contributed by atoms with van der Waals surface area (Å²) in [6.45, 7) is 0.248. The quantitative estimate of drug-likeness (QED) is 0.528. The summed E-state index contributed by atoms with van der Waals surface area (Å²) in [4.78, 5) is 4.03. The fourth-order valence-electron chi connectivity index (χ4n) is 4.15. The zero-order valence-corrected chi connectivity index (χ0v) is 19.2. The van der Waals surface area contributed by atoms with E-state index in [9.17, 15) is 12.8 Å². The second-order valence-corrected chi connectivity index (χ2v) is 10.3. The van der Waals surface area contributed by atoms with Crippen LogP contribution in [0.2, 0.25) is 5.02 Å². The molecule has 0 aliphatic carbocycles. The summed E-state index contributed by atoms with van der Waals surface area (Å²) in [5, 5.41) is 5.76.